The molecule has 0 aromatic heterocycles. The van der Waals surface area contributed by atoms with E-state index >= 15 is 0 Å². The van der Waals surface area contributed by atoms with Crippen LogP contribution in [0.15, 0.2) is 0 Å². The van der Waals surface area contributed by atoms with Gasteiger partial charge in [0, 0.05) is 0 Å². The largest absolute Gasteiger partial charge is 0.467 e. The van der Waals surface area contributed by atoms with Crippen molar-refractivity contribution in [2.24, 2.45) is 5.41 Å². The average Bonchev–Trinajstić information content (AvgIpc) is 2.30. The van der Waals surface area contributed by atoms with E-state index in [2.05, 4.69) is 10.6 Å². The number of carbonyl (C=O) groups is 3. The molecule has 7 nitrogen and oxygen atoms in total. The number of rotatable bonds is 4. The highest BCUT2D eigenvalue weighted by atomic mass is 16.6. The van der Waals surface area contributed by atoms with E-state index in [1.807, 2.05) is 0 Å². The molecule has 0 aliphatic carbocycles. The third-order valence-electron chi connectivity index (χ3n) is 2.72. The monoisotopic (exact) mass is 316 g/mol. The molecule has 0 radical (unpaired) electrons. The molecule has 2 atom stereocenters. The standard InChI is InChI=1S/C15H28N2O5/c1-9(16-13(20)22-15(5,6)7)11(18)17-10(12(19)21-8)14(2,3)4/h9-10H,1-8H3,(H,16,20)(H,17,18). The third kappa shape index (κ3) is 7.28. The van der Waals surface area contributed by atoms with Gasteiger partial charge in [0.15, 0.2) is 0 Å². The number of hydrogen-bond acceptors (Lipinski definition) is 5. The summed E-state index contributed by atoms with van der Waals surface area (Å²) >= 11 is 0. The van der Waals surface area contributed by atoms with Crippen LogP contribution < -0.4 is 10.6 Å². The molecule has 0 bridgehead atoms. The molecule has 0 heterocycles. The van der Waals surface area contributed by atoms with Crippen molar-refractivity contribution >= 4 is 18.0 Å². The van der Waals surface area contributed by atoms with Crippen LogP contribution in [0.5, 0.6) is 0 Å². The number of ether oxygens (including phenoxy) is 2. The van der Waals surface area contributed by atoms with E-state index in [0.717, 1.165) is 0 Å². The van der Waals surface area contributed by atoms with Gasteiger partial charge in [-0.3, -0.25) is 4.79 Å². The summed E-state index contributed by atoms with van der Waals surface area (Å²) in [6, 6.07) is -1.66. The van der Waals surface area contributed by atoms with Crippen molar-refractivity contribution in [1.82, 2.24) is 10.6 Å². The summed E-state index contributed by atoms with van der Waals surface area (Å²) in [7, 11) is 1.26. The molecule has 0 aromatic carbocycles. The van der Waals surface area contributed by atoms with Crippen molar-refractivity contribution in [3.8, 4) is 0 Å². The van der Waals surface area contributed by atoms with Crippen LogP contribution in [0.2, 0.25) is 0 Å². The second-order valence-corrected chi connectivity index (χ2v) is 7.20. The van der Waals surface area contributed by atoms with Crippen LogP contribution in [0.25, 0.3) is 0 Å². The highest BCUT2D eigenvalue weighted by Gasteiger charge is 2.35. The number of hydrogen-bond donors (Lipinski definition) is 2. The quantitative estimate of drug-likeness (QED) is 0.768. The van der Waals surface area contributed by atoms with Crippen LogP contribution in [-0.2, 0) is 19.1 Å². The van der Waals surface area contributed by atoms with E-state index in [1.54, 1.807) is 41.5 Å². The summed E-state index contributed by atoms with van der Waals surface area (Å²) in [4.78, 5) is 35.6. The first-order valence-corrected chi connectivity index (χ1v) is 7.15. The second kappa shape index (κ2) is 7.47. The summed E-state index contributed by atoms with van der Waals surface area (Å²) in [5.41, 5.74) is -1.17. The van der Waals surface area contributed by atoms with Gasteiger partial charge in [-0.15, -0.1) is 0 Å². The molecule has 0 spiro atoms. The summed E-state index contributed by atoms with van der Waals surface area (Å²) in [6.07, 6.45) is -0.694. The van der Waals surface area contributed by atoms with Crippen molar-refractivity contribution in [3.05, 3.63) is 0 Å². The van der Waals surface area contributed by atoms with Gasteiger partial charge < -0.3 is 20.1 Å². The molecule has 0 saturated carbocycles. The molecule has 0 aromatic rings. The number of carbonyl (C=O) groups excluding carboxylic acids is 3. The van der Waals surface area contributed by atoms with Gasteiger partial charge in [0.25, 0.3) is 0 Å². The van der Waals surface area contributed by atoms with Crippen molar-refractivity contribution < 1.29 is 23.9 Å². The number of nitrogens with one attached hydrogen (secondary N) is 2. The van der Waals surface area contributed by atoms with Crippen LogP contribution >= 0.6 is 0 Å². The fourth-order valence-electron chi connectivity index (χ4n) is 1.56. The molecule has 0 rings (SSSR count). The van der Waals surface area contributed by atoms with Crippen molar-refractivity contribution in [2.75, 3.05) is 7.11 Å². The molecule has 0 fully saturated rings. The number of methoxy groups -OCH3 is 1. The van der Waals surface area contributed by atoms with Crippen molar-refractivity contribution in [2.45, 2.75) is 66.2 Å². The molecule has 0 aliphatic rings. The van der Waals surface area contributed by atoms with E-state index in [4.69, 9.17) is 9.47 Å². The maximum Gasteiger partial charge on any atom is 0.408 e. The minimum Gasteiger partial charge on any atom is -0.467 e. The number of esters is 1. The minimum absolute atomic E-state index is 0.490. The first-order chi connectivity index (χ1) is 9.77. The predicted molar refractivity (Wildman–Crippen MR) is 82.2 cm³/mol. The van der Waals surface area contributed by atoms with Gasteiger partial charge in [-0.05, 0) is 33.1 Å². The van der Waals surface area contributed by atoms with Crippen molar-refractivity contribution in [1.29, 1.82) is 0 Å². The fraction of sp³-hybridized carbons (Fsp3) is 0.800. The average molecular weight is 316 g/mol. The molecule has 0 aliphatic heterocycles. The van der Waals surface area contributed by atoms with E-state index in [-0.39, 0.29) is 0 Å². The zero-order valence-electron chi connectivity index (χ0n) is 14.7. The SMILES string of the molecule is COC(=O)C(NC(=O)C(C)NC(=O)OC(C)(C)C)C(C)(C)C. The molecule has 22 heavy (non-hydrogen) atoms. The molecular weight excluding hydrogens is 288 g/mol. The molecule has 2 amide bonds. The lowest BCUT2D eigenvalue weighted by molar-refractivity contribution is -0.148. The predicted octanol–water partition coefficient (Wildman–Crippen LogP) is 1.60. The Morgan fingerprint density at radius 3 is 1.82 bits per heavy atom. The summed E-state index contributed by atoms with van der Waals surface area (Å²) in [6.45, 7) is 12.1. The highest BCUT2D eigenvalue weighted by Crippen LogP contribution is 2.20. The minimum atomic E-state index is -0.843. The Hall–Kier alpha value is -1.79. The Labute approximate surface area is 132 Å². The Balaban J connectivity index is 4.75. The van der Waals surface area contributed by atoms with Crippen LogP contribution in [-0.4, -0.2) is 42.8 Å². The Bertz CT molecular complexity index is 421. The van der Waals surface area contributed by atoms with E-state index in [0.29, 0.717) is 0 Å². The molecule has 2 unspecified atom stereocenters. The summed E-state index contributed by atoms with van der Waals surface area (Å²) in [5, 5.41) is 5.02. The smallest absolute Gasteiger partial charge is 0.408 e. The molecular formula is C15H28N2O5. The molecule has 128 valence electrons. The highest BCUT2D eigenvalue weighted by molar-refractivity contribution is 5.89. The van der Waals surface area contributed by atoms with Crippen LogP contribution in [0.4, 0.5) is 4.79 Å². The van der Waals surface area contributed by atoms with Crippen LogP contribution in [0.3, 0.4) is 0 Å². The lowest BCUT2D eigenvalue weighted by Crippen LogP contribution is -2.55. The van der Waals surface area contributed by atoms with E-state index in [9.17, 15) is 14.4 Å². The zero-order chi connectivity index (χ0) is 17.7. The number of alkyl carbamates (subject to hydrolysis) is 1. The second-order valence-electron chi connectivity index (χ2n) is 7.20. The summed E-state index contributed by atoms with van der Waals surface area (Å²) < 4.78 is 9.78. The van der Waals surface area contributed by atoms with Gasteiger partial charge in [0.05, 0.1) is 7.11 Å². The first kappa shape index (κ1) is 20.2. The lowest BCUT2D eigenvalue weighted by atomic mass is 9.86. The van der Waals surface area contributed by atoms with Crippen molar-refractivity contribution in [3.63, 3.8) is 0 Å². The zero-order valence-corrected chi connectivity index (χ0v) is 14.7. The normalized spacial score (nSPS) is 14.5. The maximum absolute atomic E-state index is 12.1. The lowest BCUT2D eigenvalue weighted by Gasteiger charge is -2.30. The first-order valence-electron chi connectivity index (χ1n) is 7.15. The summed E-state index contributed by atoms with van der Waals surface area (Å²) in [5.74, 6) is -1.03. The fourth-order valence-corrected chi connectivity index (χ4v) is 1.56. The van der Waals surface area contributed by atoms with Gasteiger partial charge in [-0.2, -0.15) is 0 Å². The topological polar surface area (TPSA) is 93.7 Å². The van der Waals surface area contributed by atoms with Gasteiger partial charge >= 0.3 is 12.1 Å². The van der Waals surface area contributed by atoms with Crippen LogP contribution in [0.1, 0.15) is 48.5 Å². The van der Waals surface area contributed by atoms with E-state index < -0.39 is 41.1 Å². The Kier molecular flexibility index (Phi) is 6.86. The van der Waals surface area contributed by atoms with Crippen LogP contribution in [0, 0.1) is 5.41 Å². The van der Waals surface area contributed by atoms with Gasteiger partial charge in [-0.25, -0.2) is 9.59 Å². The van der Waals surface area contributed by atoms with Gasteiger partial charge in [0.2, 0.25) is 5.91 Å². The molecule has 7 heteroatoms. The van der Waals surface area contributed by atoms with Gasteiger partial charge in [-0.1, -0.05) is 20.8 Å². The Morgan fingerprint density at radius 1 is 0.955 bits per heavy atom. The van der Waals surface area contributed by atoms with Gasteiger partial charge in [0.1, 0.15) is 17.7 Å². The Morgan fingerprint density at radius 2 is 1.45 bits per heavy atom. The molecule has 2 N–H and O–H groups in total. The number of amides is 2. The van der Waals surface area contributed by atoms with E-state index in [1.165, 1.54) is 14.0 Å². The molecule has 0 saturated heterocycles. The maximum atomic E-state index is 12.1. The third-order valence-corrected chi connectivity index (χ3v) is 2.72.